The van der Waals surface area contributed by atoms with Gasteiger partial charge in [0.15, 0.2) is 0 Å². The average Bonchev–Trinajstić information content (AvgIpc) is 3.73. The smallest absolute Gasteiger partial charge is 0.381 e. The second-order valence-corrected chi connectivity index (χ2v) is 11.0. The molecule has 2 atom stereocenters. The van der Waals surface area contributed by atoms with Gasteiger partial charge in [0, 0.05) is 49.6 Å². The molecular weight excluding hydrogens is 572 g/mol. The van der Waals surface area contributed by atoms with Crippen molar-refractivity contribution in [2.75, 3.05) is 38.7 Å². The third kappa shape index (κ3) is 6.51. The maximum absolute atomic E-state index is 14.8. The van der Waals surface area contributed by atoms with Crippen LogP contribution in [0.2, 0.25) is 0 Å². The summed E-state index contributed by atoms with van der Waals surface area (Å²) < 4.78 is 69.4. The SMILES string of the molecule is CN1CC[C@@H](Nc2cccc3c2cc(-c2noc(CNC(=O)c4cn(C5CCOCC5)cn4)n2)n3CC(F)(F)F)[C@@H](F)C1. The number of alkyl halides is 4. The van der Waals surface area contributed by atoms with Gasteiger partial charge in [0.2, 0.25) is 11.7 Å². The third-order valence-corrected chi connectivity index (χ3v) is 7.91. The highest BCUT2D eigenvalue weighted by atomic mass is 19.4. The number of carbonyl (C=O) groups is 1. The number of hydrogen-bond acceptors (Lipinski definition) is 8. The summed E-state index contributed by atoms with van der Waals surface area (Å²) in [6, 6.07) is 6.20. The predicted octanol–water partition coefficient (Wildman–Crippen LogP) is 4.19. The molecule has 0 radical (unpaired) electrons. The van der Waals surface area contributed by atoms with Crippen LogP contribution < -0.4 is 10.6 Å². The minimum atomic E-state index is -4.53. The molecule has 0 saturated carbocycles. The molecule has 230 valence electrons. The fourth-order valence-corrected chi connectivity index (χ4v) is 5.68. The van der Waals surface area contributed by atoms with Crippen molar-refractivity contribution < 1.29 is 31.6 Å². The number of likely N-dealkylation sites (tertiary alicyclic amines) is 1. The quantitative estimate of drug-likeness (QED) is 0.288. The number of benzene rings is 1. The molecule has 2 aliphatic rings. The van der Waals surface area contributed by atoms with Crippen LogP contribution in [0.1, 0.15) is 41.7 Å². The lowest BCUT2D eigenvalue weighted by Crippen LogP contribution is -2.46. The van der Waals surface area contributed by atoms with E-state index in [0.29, 0.717) is 42.8 Å². The lowest BCUT2D eigenvalue weighted by molar-refractivity contribution is -0.139. The normalized spacial score (nSPS) is 20.5. The van der Waals surface area contributed by atoms with Crippen LogP contribution in [0.3, 0.4) is 0 Å². The molecule has 1 aromatic carbocycles. The summed E-state index contributed by atoms with van der Waals surface area (Å²) in [5.41, 5.74) is 1.11. The number of fused-ring (bicyclic) bond motifs is 1. The Morgan fingerprint density at radius 2 is 2.00 bits per heavy atom. The van der Waals surface area contributed by atoms with Gasteiger partial charge in [0.25, 0.3) is 5.91 Å². The molecule has 5 heterocycles. The molecule has 0 spiro atoms. The van der Waals surface area contributed by atoms with Gasteiger partial charge in [-0.05, 0) is 44.5 Å². The average molecular weight is 605 g/mol. The van der Waals surface area contributed by atoms with Gasteiger partial charge in [-0.3, -0.25) is 4.79 Å². The first-order chi connectivity index (χ1) is 20.6. The van der Waals surface area contributed by atoms with Crippen LogP contribution in [0.15, 0.2) is 41.3 Å². The van der Waals surface area contributed by atoms with Gasteiger partial charge in [-0.15, -0.1) is 0 Å². The van der Waals surface area contributed by atoms with Crippen LogP contribution in [-0.2, 0) is 17.8 Å². The van der Waals surface area contributed by atoms with Crippen molar-refractivity contribution in [3.8, 4) is 11.5 Å². The number of hydrogen-bond donors (Lipinski definition) is 2. The summed E-state index contributed by atoms with van der Waals surface area (Å²) in [4.78, 5) is 23.1. The summed E-state index contributed by atoms with van der Waals surface area (Å²) in [5, 5.41) is 10.3. The minimum Gasteiger partial charge on any atom is -0.381 e. The number of nitrogens with one attached hydrogen (secondary N) is 2. The van der Waals surface area contributed by atoms with Crippen molar-refractivity contribution in [1.82, 2.24) is 34.5 Å². The summed E-state index contributed by atoms with van der Waals surface area (Å²) in [5.74, 6) is -0.504. The molecule has 6 rings (SSSR count). The Morgan fingerprint density at radius 1 is 1.19 bits per heavy atom. The number of ether oxygens (including phenoxy) is 1. The first-order valence-corrected chi connectivity index (χ1v) is 14.1. The Morgan fingerprint density at radius 3 is 2.77 bits per heavy atom. The number of imidazole rings is 1. The van der Waals surface area contributed by atoms with Gasteiger partial charge in [-0.25, -0.2) is 9.37 Å². The number of aromatic nitrogens is 5. The molecule has 15 heteroatoms. The Labute approximate surface area is 244 Å². The van der Waals surface area contributed by atoms with Crippen LogP contribution in [-0.4, -0.2) is 86.8 Å². The summed E-state index contributed by atoms with van der Waals surface area (Å²) in [7, 11) is 1.85. The Hall–Kier alpha value is -3.98. The van der Waals surface area contributed by atoms with Crippen LogP contribution >= 0.6 is 0 Å². The van der Waals surface area contributed by atoms with E-state index in [0.717, 1.165) is 17.4 Å². The number of halogens is 4. The zero-order valence-electron chi connectivity index (χ0n) is 23.5. The van der Waals surface area contributed by atoms with Crippen molar-refractivity contribution >= 4 is 22.5 Å². The molecular formula is C28H32F4N8O3. The molecule has 0 bridgehead atoms. The fourth-order valence-electron chi connectivity index (χ4n) is 5.68. The van der Waals surface area contributed by atoms with Crippen molar-refractivity contribution in [1.29, 1.82) is 0 Å². The van der Waals surface area contributed by atoms with Crippen molar-refractivity contribution in [2.24, 2.45) is 0 Å². The molecule has 2 aliphatic heterocycles. The molecule has 0 aliphatic carbocycles. The van der Waals surface area contributed by atoms with Gasteiger partial charge >= 0.3 is 6.18 Å². The van der Waals surface area contributed by atoms with Crippen LogP contribution in [0.5, 0.6) is 0 Å². The largest absolute Gasteiger partial charge is 0.406 e. The van der Waals surface area contributed by atoms with Gasteiger partial charge in [-0.2, -0.15) is 18.2 Å². The number of nitrogens with zero attached hydrogens (tertiary/aromatic N) is 6. The first-order valence-electron chi connectivity index (χ1n) is 14.1. The second-order valence-electron chi connectivity index (χ2n) is 11.0. The molecule has 4 aromatic rings. The first kappa shape index (κ1) is 29.1. The van der Waals surface area contributed by atoms with E-state index in [9.17, 15) is 22.4 Å². The lowest BCUT2D eigenvalue weighted by Gasteiger charge is -2.33. The maximum Gasteiger partial charge on any atom is 0.406 e. The molecule has 43 heavy (non-hydrogen) atoms. The maximum atomic E-state index is 14.8. The van der Waals surface area contributed by atoms with E-state index in [1.807, 2.05) is 16.5 Å². The van der Waals surface area contributed by atoms with E-state index >= 15 is 0 Å². The van der Waals surface area contributed by atoms with E-state index in [1.54, 1.807) is 36.8 Å². The lowest BCUT2D eigenvalue weighted by atomic mass is 10.0. The highest BCUT2D eigenvalue weighted by molar-refractivity contribution is 5.96. The van der Waals surface area contributed by atoms with Crippen LogP contribution in [0.25, 0.3) is 22.4 Å². The summed E-state index contributed by atoms with van der Waals surface area (Å²) in [6.07, 6.45) is -0.160. The highest BCUT2D eigenvalue weighted by Crippen LogP contribution is 2.35. The Balaban J connectivity index is 1.21. The minimum absolute atomic E-state index is 0.0148. The molecule has 1 amide bonds. The number of carbonyl (C=O) groups excluding carboxylic acids is 1. The molecule has 3 aromatic heterocycles. The van der Waals surface area contributed by atoms with E-state index < -0.39 is 30.8 Å². The molecule has 0 unspecified atom stereocenters. The monoisotopic (exact) mass is 604 g/mol. The zero-order valence-corrected chi connectivity index (χ0v) is 23.5. The molecule has 2 fully saturated rings. The van der Waals surface area contributed by atoms with Gasteiger partial charge in [0.05, 0.1) is 30.1 Å². The Kier molecular flexibility index (Phi) is 8.09. The predicted molar refractivity (Wildman–Crippen MR) is 148 cm³/mol. The number of amides is 1. The second kappa shape index (κ2) is 12.0. The molecule has 2 saturated heterocycles. The summed E-state index contributed by atoms with van der Waals surface area (Å²) in [6.45, 7) is 0.852. The Bertz CT molecular complexity index is 1580. The summed E-state index contributed by atoms with van der Waals surface area (Å²) >= 11 is 0. The third-order valence-electron chi connectivity index (χ3n) is 7.91. The highest BCUT2D eigenvalue weighted by Gasteiger charge is 2.32. The van der Waals surface area contributed by atoms with Crippen molar-refractivity contribution in [3.05, 3.63) is 48.4 Å². The number of piperidine rings is 1. The fraction of sp³-hybridized carbons (Fsp3) is 0.500. The topological polar surface area (TPSA) is 115 Å². The molecule has 2 N–H and O–H groups in total. The zero-order chi connectivity index (χ0) is 30.1. The van der Waals surface area contributed by atoms with Gasteiger partial charge in [0.1, 0.15) is 18.4 Å². The van der Waals surface area contributed by atoms with E-state index in [4.69, 9.17) is 9.26 Å². The number of anilines is 1. The van der Waals surface area contributed by atoms with Crippen molar-refractivity contribution in [3.63, 3.8) is 0 Å². The van der Waals surface area contributed by atoms with Crippen LogP contribution in [0.4, 0.5) is 23.2 Å². The van der Waals surface area contributed by atoms with Gasteiger partial charge in [-0.1, -0.05) is 11.2 Å². The van der Waals surface area contributed by atoms with Crippen molar-refractivity contribution in [2.45, 2.75) is 56.8 Å². The molecule has 11 nitrogen and oxygen atoms in total. The van der Waals surface area contributed by atoms with E-state index in [-0.39, 0.29) is 42.2 Å². The van der Waals surface area contributed by atoms with E-state index in [1.165, 1.54) is 0 Å². The van der Waals surface area contributed by atoms with E-state index in [2.05, 4.69) is 25.8 Å². The standard InChI is InChI=1S/C28H32F4N8O3/c1-38-8-5-21(19(29)13-38)35-20-3-2-4-23-18(20)11-24(40(23)15-28(30,31)32)26-36-25(43-37-26)12-33-27(41)22-14-39(16-34-22)17-6-9-42-10-7-17/h2-4,11,14,16-17,19,21,35H,5-10,12-13,15H2,1H3,(H,33,41)/t19-,21+/m0/s1. The van der Waals surface area contributed by atoms with Gasteiger partial charge < -0.3 is 33.9 Å². The van der Waals surface area contributed by atoms with Crippen LogP contribution in [0, 0.1) is 0 Å². The number of rotatable bonds is 8.